The van der Waals surface area contributed by atoms with Crippen LogP contribution in [0.1, 0.15) is 36.9 Å². The fraction of sp³-hybridized carbons (Fsp3) is 0.464. The van der Waals surface area contributed by atoms with Gasteiger partial charge in [0, 0.05) is 36.8 Å². The summed E-state index contributed by atoms with van der Waals surface area (Å²) < 4.78 is 27.4. The van der Waals surface area contributed by atoms with Crippen molar-refractivity contribution in [2.45, 2.75) is 44.6 Å². The van der Waals surface area contributed by atoms with Gasteiger partial charge in [0.15, 0.2) is 11.6 Å². The lowest BCUT2D eigenvalue weighted by Gasteiger charge is -2.32. The van der Waals surface area contributed by atoms with Gasteiger partial charge < -0.3 is 26.0 Å². The number of piperidine rings is 1. The van der Waals surface area contributed by atoms with Crippen LogP contribution in [0.25, 0.3) is 10.9 Å². The molecule has 3 aromatic rings. The molecular weight excluding hydrogens is 520 g/mol. The van der Waals surface area contributed by atoms with Crippen molar-refractivity contribution in [2.75, 3.05) is 43.4 Å². The lowest BCUT2D eigenvalue weighted by atomic mass is 9.96. The number of halogens is 2. The normalized spacial score (nSPS) is 18.0. The Labute approximate surface area is 230 Å². The largest absolute Gasteiger partial charge is 0.480 e. The first kappa shape index (κ1) is 27.6. The number of anilines is 2. The van der Waals surface area contributed by atoms with Crippen LogP contribution >= 0.6 is 0 Å². The molecule has 0 aliphatic carbocycles. The van der Waals surface area contributed by atoms with E-state index in [0.717, 1.165) is 88.1 Å². The SMILES string of the molecule is O=C(NC[C@H](Nc1ncnc2cc(F)c(F)cc12)C(=O)O)[C@@H]1CCCN(CCCc2ccc3c(n2)NCCC3)C1. The number of hydrogen-bond donors (Lipinski definition) is 4. The van der Waals surface area contributed by atoms with Gasteiger partial charge in [-0.3, -0.25) is 4.79 Å². The highest BCUT2D eigenvalue weighted by molar-refractivity contribution is 5.91. The highest BCUT2D eigenvalue weighted by Gasteiger charge is 2.27. The van der Waals surface area contributed by atoms with Crippen LogP contribution in [-0.4, -0.2) is 75.6 Å². The van der Waals surface area contributed by atoms with E-state index in [1.807, 2.05) is 0 Å². The number of aliphatic carboxylic acids is 1. The molecule has 0 unspecified atom stereocenters. The van der Waals surface area contributed by atoms with Gasteiger partial charge in [0.25, 0.3) is 0 Å². The number of aromatic nitrogens is 3. The van der Waals surface area contributed by atoms with Crippen LogP contribution in [0.4, 0.5) is 20.4 Å². The van der Waals surface area contributed by atoms with Crippen LogP contribution in [0.2, 0.25) is 0 Å². The summed E-state index contributed by atoms with van der Waals surface area (Å²) >= 11 is 0. The summed E-state index contributed by atoms with van der Waals surface area (Å²) in [6.45, 7) is 3.14. The van der Waals surface area contributed by atoms with Crippen molar-refractivity contribution in [3.63, 3.8) is 0 Å². The maximum Gasteiger partial charge on any atom is 0.328 e. The summed E-state index contributed by atoms with van der Waals surface area (Å²) in [5.74, 6) is -2.78. The fourth-order valence-corrected chi connectivity index (χ4v) is 5.34. The summed E-state index contributed by atoms with van der Waals surface area (Å²) in [4.78, 5) is 39.8. The van der Waals surface area contributed by atoms with Crippen LogP contribution < -0.4 is 16.0 Å². The van der Waals surface area contributed by atoms with Crippen LogP contribution in [0.3, 0.4) is 0 Å². The molecule has 0 bridgehead atoms. The topological polar surface area (TPSA) is 132 Å². The molecule has 2 atom stereocenters. The minimum absolute atomic E-state index is 0.0404. The smallest absolute Gasteiger partial charge is 0.328 e. The van der Waals surface area contributed by atoms with Gasteiger partial charge in [-0.15, -0.1) is 0 Å². The number of likely N-dealkylation sites (tertiary alicyclic amines) is 1. The predicted octanol–water partition coefficient (Wildman–Crippen LogP) is 2.99. The standard InChI is InChI=1S/C28H33F2N7O3/c29-21-12-20-23(13-22(21)30)33-16-34-26(20)36-24(28(39)40)14-32-27(38)18-5-2-10-37(15-18)11-3-6-19-8-7-17-4-1-9-31-25(17)35-19/h7-8,12-13,16,18,24H,1-6,9-11,14-15H2,(H,31,35)(H,32,38)(H,39,40)(H,33,34,36)/t18-,24+/m1/s1. The Morgan fingerprint density at radius 2 is 2.02 bits per heavy atom. The maximum atomic E-state index is 13.8. The molecule has 1 saturated heterocycles. The van der Waals surface area contributed by atoms with Gasteiger partial charge in [0.2, 0.25) is 5.91 Å². The number of carboxylic acids is 1. The Bertz CT molecular complexity index is 1390. The lowest BCUT2D eigenvalue weighted by molar-refractivity contribution is -0.138. The molecule has 40 heavy (non-hydrogen) atoms. The van der Waals surface area contributed by atoms with Gasteiger partial charge in [-0.25, -0.2) is 28.5 Å². The second kappa shape index (κ2) is 12.5. The second-order valence-electron chi connectivity index (χ2n) is 10.4. The van der Waals surface area contributed by atoms with E-state index < -0.39 is 23.6 Å². The van der Waals surface area contributed by atoms with Crippen molar-refractivity contribution in [1.29, 1.82) is 0 Å². The molecule has 0 saturated carbocycles. The lowest BCUT2D eigenvalue weighted by Crippen LogP contribution is -2.47. The molecule has 0 radical (unpaired) electrons. The van der Waals surface area contributed by atoms with Gasteiger partial charge in [0.05, 0.1) is 11.4 Å². The van der Waals surface area contributed by atoms with E-state index in [2.05, 4.69) is 43.0 Å². The molecule has 2 aromatic heterocycles. The number of aryl methyl sites for hydroxylation is 2. The number of carbonyl (C=O) groups excluding carboxylic acids is 1. The highest BCUT2D eigenvalue weighted by atomic mass is 19.2. The number of fused-ring (bicyclic) bond motifs is 2. The first-order valence-electron chi connectivity index (χ1n) is 13.7. The number of pyridine rings is 1. The molecule has 0 spiro atoms. The van der Waals surface area contributed by atoms with E-state index in [4.69, 9.17) is 4.98 Å². The molecule has 1 fully saturated rings. The molecule has 2 aliphatic heterocycles. The summed E-state index contributed by atoms with van der Waals surface area (Å²) in [5, 5.41) is 18.7. The fourth-order valence-electron chi connectivity index (χ4n) is 5.34. The number of hydrogen-bond acceptors (Lipinski definition) is 8. The van der Waals surface area contributed by atoms with Crippen LogP contribution in [0, 0.1) is 17.6 Å². The van der Waals surface area contributed by atoms with Crippen molar-refractivity contribution in [2.24, 2.45) is 5.92 Å². The van der Waals surface area contributed by atoms with Crippen LogP contribution in [0.5, 0.6) is 0 Å². The highest BCUT2D eigenvalue weighted by Crippen LogP contribution is 2.24. The van der Waals surface area contributed by atoms with Crippen LogP contribution in [0.15, 0.2) is 30.6 Å². The summed E-state index contributed by atoms with van der Waals surface area (Å²) in [6.07, 6.45) is 6.74. The van der Waals surface area contributed by atoms with E-state index in [1.165, 1.54) is 5.56 Å². The number of amides is 1. The van der Waals surface area contributed by atoms with Crippen molar-refractivity contribution in [3.05, 3.63) is 53.5 Å². The third-order valence-electron chi connectivity index (χ3n) is 7.50. The third-order valence-corrected chi connectivity index (χ3v) is 7.50. The molecule has 2 aliphatic rings. The van der Waals surface area contributed by atoms with E-state index in [1.54, 1.807) is 0 Å². The number of nitrogens with one attached hydrogen (secondary N) is 3. The summed E-state index contributed by atoms with van der Waals surface area (Å²) in [5.41, 5.74) is 2.47. The van der Waals surface area contributed by atoms with Gasteiger partial charge in [0.1, 0.15) is 24.0 Å². The average molecular weight is 554 g/mol. The van der Waals surface area contributed by atoms with E-state index in [0.29, 0.717) is 6.54 Å². The minimum atomic E-state index is -1.23. The molecule has 4 heterocycles. The molecule has 12 heteroatoms. The minimum Gasteiger partial charge on any atom is -0.480 e. The number of nitrogens with zero attached hydrogens (tertiary/aromatic N) is 4. The maximum absolute atomic E-state index is 13.8. The van der Waals surface area contributed by atoms with E-state index in [9.17, 15) is 23.5 Å². The molecule has 10 nitrogen and oxygen atoms in total. The van der Waals surface area contributed by atoms with E-state index >= 15 is 0 Å². The Morgan fingerprint density at radius 3 is 2.88 bits per heavy atom. The second-order valence-corrected chi connectivity index (χ2v) is 10.4. The quantitative estimate of drug-likeness (QED) is 0.299. The molecule has 4 N–H and O–H groups in total. The molecule has 5 rings (SSSR count). The zero-order valence-corrected chi connectivity index (χ0v) is 22.1. The van der Waals surface area contributed by atoms with E-state index in [-0.39, 0.29) is 35.1 Å². The molecule has 1 amide bonds. The first-order chi connectivity index (χ1) is 19.4. The van der Waals surface area contributed by atoms with Gasteiger partial charge in [-0.2, -0.15) is 0 Å². The first-order valence-corrected chi connectivity index (χ1v) is 13.7. The summed E-state index contributed by atoms with van der Waals surface area (Å²) in [7, 11) is 0. The number of carbonyl (C=O) groups is 2. The predicted molar refractivity (Wildman–Crippen MR) is 146 cm³/mol. The molecule has 1 aromatic carbocycles. The molecule has 212 valence electrons. The Hall–Kier alpha value is -3.93. The number of carboxylic acid groups (broad SMARTS) is 1. The summed E-state index contributed by atoms with van der Waals surface area (Å²) in [6, 6.07) is 4.87. The Kier molecular flexibility index (Phi) is 8.63. The number of benzene rings is 1. The zero-order valence-electron chi connectivity index (χ0n) is 22.1. The Balaban J connectivity index is 1.12. The average Bonchev–Trinajstić information content (AvgIpc) is 2.96. The Morgan fingerprint density at radius 1 is 1.18 bits per heavy atom. The van der Waals surface area contributed by atoms with Gasteiger partial charge in [-0.05, 0) is 69.3 Å². The zero-order chi connectivity index (χ0) is 28.1. The van der Waals surface area contributed by atoms with Gasteiger partial charge in [-0.1, -0.05) is 6.07 Å². The van der Waals surface area contributed by atoms with Crippen molar-refractivity contribution in [3.8, 4) is 0 Å². The van der Waals surface area contributed by atoms with Gasteiger partial charge >= 0.3 is 5.97 Å². The van der Waals surface area contributed by atoms with Crippen LogP contribution in [-0.2, 0) is 22.4 Å². The third kappa shape index (κ3) is 6.61. The van der Waals surface area contributed by atoms with Crippen molar-refractivity contribution < 1.29 is 23.5 Å². The monoisotopic (exact) mass is 553 g/mol. The van der Waals surface area contributed by atoms with Crippen molar-refractivity contribution >= 4 is 34.4 Å². The molecular formula is C28H33F2N7O3. The van der Waals surface area contributed by atoms with Crippen molar-refractivity contribution in [1.82, 2.24) is 25.2 Å². The number of rotatable bonds is 10.